The fourth-order valence-electron chi connectivity index (χ4n) is 3.16. The van der Waals surface area contributed by atoms with Crippen molar-refractivity contribution in [1.29, 1.82) is 0 Å². The van der Waals surface area contributed by atoms with Gasteiger partial charge in [-0.1, -0.05) is 6.92 Å². The summed E-state index contributed by atoms with van der Waals surface area (Å²) in [5, 5.41) is 0. The van der Waals surface area contributed by atoms with Gasteiger partial charge in [0.1, 0.15) is 0 Å². The van der Waals surface area contributed by atoms with Crippen molar-refractivity contribution >= 4 is 32.7 Å². The Kier molecular flexibility index (Phi) is 5.69. The number of fused-ring (bicyclic) bond motifs is 1. The number of nitrogens with zero attached hydrogens (tertiary/aromatic N) is 3. The molecule has 1 saturated heterocycles. The second-order valence-corrected chi connectivity index (χ2v) is 8.71. The average molecular weight is 391 g/mol. The molecule has 9 heteroatoms. The van der Waals surface area contributed by atoms with Crippen molar-refractivity contribution in [1.82, 2.24) is 14.9 Å². The summed E-state index contributed by atoms with van der Waals surface area (Å²) in [6, 6.07) is 4.44. The van der Waals surface area contributed by atoms with Crippen molar-refractivity contribution in [3.8, 4) is 0 Å². The molecule has 2 heterocycles. The number of ether oxygens (including phenoxy) is 1. The Morgan fingerprint density at radius 1 is 1.22 bits per heavy atom. The first kappa shape index (κ1) is 19.2. The summed E-state index contributed by atoms with van der Waals surface area (Å²) in [7, 11) is -3.10. The third-order valence-corrected chi connectivity index (χ3v) is 6.22. The lowest BCUT2D eigenvalue weighted by Gasteiger charge is -2.27. The van der Waals surface area contributed by atoms with E-state index < -0.39 is 22.4 Å². The Bertz CT molecular complexity index is 960. The minimum atomic E-state index is -3.10. The maximum atomic E-state index is 12.5. The largest absolute Gasteiger partial charge is 0.452 e. The Morgan fingerprint density at radius 3 is 2.63 bits per heavy atom. The molecule has 0 radical (unpaired) electrons. The van der Waals surface area contributed by atoms with Gasteiger partial charge in [-0.2, -0.15) is 0 Å². The van der Waals surface area contributed by atoms with E-state index in [2.05, 4.69) is 9.97 Å². The number of sulfone groups is 1. The number of amides is 1. The third-order valence-electron chi connectivity index (χ3n) is 4.47. The zero-order valence-electron chi connectivity index (χ0n) is 15.0. The monoisotopic (exact) mass is 391 g/mol. The van der Waals surface area contributed by atoms with Gasteiger partial charge in [-0.05, 0) is 31.0 Å². The predicted octanol–water partition coefficient (Wildman–Crippen LogP) is 1.21. The number of carbonyl (C=O) groups is 2. The van der Waals surface area contributed by atoms with Gasteiger partial charge < -0.3 is 9.64 Å². The highest BCUT2D eigenvalue weighted by Crippen LogP contribution is 2.19. The standard InChI is InChI=1S/C18H21N3O5S/c1-2-8-21(14-5-9-27(24,25)12-14)17(22)11-26-18(23)13-3-4-15-16(10-13)20-7-6-19-15/h3-4,6-7,10,14H,2,5,8-9,11-12H2,1H3/t14-/m1/s1. The molecule has 0 N–H and O–H groups in total. The van der Waals surface area contributed by atoms with Crippen LogP contribution in [0.4, 0.5) is 0 Å². The van der Waals surface area contributed by atoms with E-state index in [1.807, 2.05) is 6.92 Å². The highest BCUT2D eigenvalue weighted by atomic mass is 32.2. The molecule has 0 saturated carbocycles. The quantitative estimate of drug-likeness (QED) is 0.681. The molecule has 1 aromatic heterocycles. The molecule has 1 amide bonds. The van der Waals surface area contributed by atoms with Crippen LogP contribution in [0.2, 0.25) is 0 Å². The number of hydrogen-bond acceptors (Lipinski definition) is 7. The summed E-state index contributed by atoms with van der Waals surface area (Å²) in [4.78, 5) is 34.6. The number of carbonyl (C=O) groups excluding carboxylic acids is 2. The first-order valence-corrected chi connectivity index (χ1v) is 10.6. The molecule has 0 bridgehead atoms. The molecule has 0 spiro atoms. The van der Waals surface area contributed by atoms with Crippen molar-refractivity contribution in [2.75, 3.05) is 24.7 Å². The first-order valence-electron chi connectivity index (χ1n) is 8.77. The van der Waals surface area contributed by atoms with Crippen LogP contribution in [-0.4, -0.2) is 65.9 Å². The van der Waals surface area contributed by atoms with Crippen molar-refractivity contribution in [2.45, 2.75) is 25.8 Å². The van der Waals surface area contributed by atoms with E-state index in [0.717, 1.165) is 0 Å². The molecule has 1 fully saturated rings. The highest BCUT2D eigenvalue weighted by Gasteiger charge is 2.34. The van der Waals surface area contributed by atoms with Crippen molar-refractivity contribution in [3.63, 3.8) is 0 Å². The smallest absolute Gasteiger partial charge is 0.338 e. The van der Waals surface area contributed by atoms with Gasteiger partial charge in [-0.15, -0.1) is 0 Å². The molecular weight excluding hydrogens is 370 g/mol. The Balaban J connectivity index is 1.64. The zero-order valence-corrected chi connectivity index (χ0v) is 15.8. The van der Waals surface area contributed by atoms with E-state index in [-0.39, 0.29) is 29.0 Å². The Hall–Kier alpha value is -2.55. The first-order chi connectivity index (χ1) is 12.9. The lowest BCUT2D eigenvalue weighted by Crippen LogP contribution is -2.43. The molecule has 0 unspecified atom stereocenters. The van der Waals surface area contributed by atoms with Crippen LogP contribution in [0.25, 0.3) is 11.0 Å². The van der Waals surface area contributed by atoms with Crippen LogP contribution < -0.4 is 0 Å². The van der Waals surface area contributed by atoms with Gasteiger partial charge in [0.15, 0.2) is 16.4 Å². The lowest BCUT2D eigenvalue weighted by atomic mass is 10.2. The summed E-state index contributed by atoms with van der Waals surface area (Å²) < 4.78 is 28.5. The van der Waals surface area contributed by atoms with E-state index in [4.69, 9.17) is 4.74 Å². The SMILES string of the molecule is CCCN(C(=O)COC(=O)c1ccc2nccnc2c1)[C@@H]1CCS(=O)(=O)C1. The molecule has 1 aliphatic rings. The summed E-state index contributed by atoms with van der Waals surface area (Å²) in [6.07, 6.45) is 4.20. The Labute approximate surface area is 157 Å². The van der Waals surface area contributed by atoms with Crippen molar-refractivity contribution < 1.29 is 22.7 Å². The van der Waals surface area contributed by atoms with Crippen LogP contribution in [-0.2, 0) is 19.4 Å². The topological polar surface area (TPSA) is 107 Å². The second kappa shape index (κ2) is 7.99. The van der Waals surface area contributed by atoms with Crippen molar-refractivity contribution in [2.24, 2.45) is 0 Å². The second-order valence-electron chi connectivity index (χ2n) is 6.48. The summed E-state index contributed by atoms with van der Waals surface area (Å²) in [5.41, 5.74) is 1.49. The molecule has 27 heavy (non-hydrogen) atoms. The molecule has 0 aliphatic carbocycles. The summed E-state index contributed by atoms with van der Waals surface area (Å²) in [5.74, 6) is -0.960. The van der Waals surface area contributed by atoms with E-state index in [1.54, 1.807) is 24.4 Å². The van der Waals surface area contributed by atoms with Crippen LogP contribution in [0.5, 0.6) is 0 Å². The fourth-order valence-corrected chi connectivity index (χ4v) is 4.89. The van der Waals surface area contributed by atoms with Crippen LogP contribution >= 0.6 is 0 Å². The maximum Gasteiger partial charge on any atom is 0.338 e. The van der Waals surface area contributed by atoms with Crippen LogP contribution in [0, 0.1) is 0 Å². The summed E-state index contributed by atoms with van der Waals surface area (Å²) >= 11 is 0. The molecule has 1 aromatic carbocycles. The molecule has 1 aliphatic heterocycles. The van der Waals surface area contributed by atoms with E-state index in [0.29, 0.717) is 30.4 Å². The van der Waals surface area contributed by atoms with Crippen LogP contribution in [0.1, 0.15) is 30.1 Å². The van der Waals surface area contributed by atoms with E-state index >= 15 is 0 Å². The number of hydrogen-bond donors (Lipinski definition) is 0. The van der Waals surface area contributed by atoms with Crippen molar-refractivity contribution in [3.05, 3.63) is 36.2 Å². The normalized spacial score (nSPS) is 18.3. The Morgan fingerprint density at radius 2 is 1.96 bits per heavy atom. The zero-order chi connectivity index (χ0) is 19.4. The fraction of sp³-hybridized carbons (Fsp3) is 0.444. The van der Waals surface area contributed by atoms with Gasteiger partial charge in [-0.25, -0.2) is 13.2 Å². The number of aromatic nitrogens is 2. The third kappa shape index (κ3) is 4.60. The van der Waals surface area contributed by atoms with Gasteiger partial charge >= 0.3 is 5.97 Å². The van der Waals surface area contributed by atoms with Gasteiger partial charge in [0.05, 0.1) is 28.1 Å². The predicted molar refractivity (Wildman–Crippen MR) is 98.9 cm³/mol. The lowest BCUT2D eigenvalue weighted by molar-refractivity contribution is -0.136. The molecule has 2 aromatic rings. The average Bonchev–Trinajstić information content (AvgIpc) is 3.02. The van der Waals surface area contributed by atoms with E-state index in [9.17, 15) is 18.0 Å². The highest BCUT2D eigenvalue weighted by molar-refractivity contribution is 7.91. The number of rotatable bonds is 6. The van der Waals surface area contributed by atoms with Gasteiger partial charge in [0.25, 0.3) is 5.91 Å². The minimum absolute atomic E-state index is 0.0317. The summed E-state index contributed by atoms with van der Waals surface area (Å²) in [6.45, 7) is 1.92. The van der Waals surface area contributed by atoms with Crippen LogP contribution in [0.3, 0.4) is 0 Å². The molecule has 144 valence electrons. The minimum Gasteiger partial charge on any atom is -0.452 e. The van der Waals surface area contributed by atoms with Gasteiger partial charge in [0, 0.05) is 25.0 Å². The van der Waals surface area contributed by atoms with Crippen LogP contribution in [0.15, 0.2) is 30.6 Å². The molecule has 3 rings (SSSR count). The van der Waals surface area contributed by atoms with Gasteiger partial charge in [-0.3, -0.25) is 14.8 Å². The molecule has 8 nitrogen and oxygen atoms in total. The molecular formula is C18H21N3O5S. The van der Waals surface area contributed by atoms with E-state index in [1.165, 1.54) is 11.1 Å². The number of esters is 1. The van der Waals surface area contributed by atoms with Gasteiger partial charge in [0.2, 0.25) is 0 Å². The molecule has 1 atom stereocenters. The number of benzene rings is 1. The maximum absolute atomic E-state index is 12.5.